The van der Waals surface area contributed by atoms with Gasteiger partial charge in [0.25, 0.3) is 0 Å². The van der Waals surface area contributed by atoms with Crippen LogP contribution in [-0.4, -0.2) is 51.6 Å². The summed E-state index contributed by atoms with van der Waals surface area (Å²) in [6, 6.07) is 26.5. The molecule has 0 aliphatic carbocycles. The Labute approximate surface area is 293 Å². The van der Waals surface area contributed by atoms with Gasteiger partial charge in [0.05, 0.1) is 13.2 Å². The number of carbonyl (C=O) groups is 2. The SMILES string of the molecule is C=CC(=O)OCCOc1ccc(C#Cc2ccc(-c3ccc(C#Cc4ccc(OCCOC(=O)C=C)cc4)cc3OCC)c(OCC)c2)cc1. The van der Waals surface area contributed by atoms with Gasteiger partial charge in [-0.1, -0.05) is 36.8 Å². The Morgan fingerprint density at radius 1 is 0.520 bits per heavy atom. The highest BCUT2D eigenvalue weighted by molar-refractivity contribution is 5.81. The molecule has 0 fully saturated rings. The van der Waals surface area contributed by atoms with E-state index in [1.54, 1.807) is 0 Å². The molecule has 0 aliphatic heterocycles. The van der Waals surface area contributed by atoms with Crippen LogP contribution in [0.15, 0.2) is 110 Å². The first-order valence-electron chi connectivity index (χ1n) is 16.0. The third-order valence-corrected chi connectivity index (χ3v) is 6.79. The number of ether oxygens (including phenoxy) is 6. The molecule has 0 spiro atoms. The summed E-state index contributed by atoms with van der Waals surface area (Å²) < 4.78 is 33.1. The van der Waals surface area contributed by atoms with Crippen LogP contribution >= 0.6 is 0 Å². The van der Waals surface area contributed by atoms with Gasteiger partial charge in [0.15, 0.2) is 0 Å². The maximum Gasteiger partial charge on any atom is 0.330 e. The molecule has 4 aromatic rings. The van der Waals surface area contributed by atoms with E-state index in [0.717, 1.165) is 45.5 Å². The number of rotatable bonds is 15. The van der Waals surface area contributed by atoms with E-state index < -0.39 is 11.9 Å². The number of benzene rings is 4. The van der Waals surface area contributed by atoms with Crippen LogP contribution < -0.4 is 18.9 Å². The minimum Gasteiger partial charge on any atom is -0.493 e. The fraction of sp³-hybridized carbons (Fsp3) is 0.190. The van der Waals surface area contributed by atoms with E-state index >= 15 is 0 Å². The maximum atomic E-state index is 11.1. The van der Waals surface area contributed by atoms with Crippen molar-refractivity contribution in [2.75, 3.05) is 39.6 Å². The molecule has 0 saturated carbocycles. The van der Waals surface area contributed by atoms with Crippen LogP contribution in [-0.2, 0) is 19.1 Å². The summed E-state index contributed by atoms with van der Waals surface area (Å²) in [5, 5.41) is 0. The van der Waals surface area contributed by atoms with E-state index in [1.807, 2.05) is 98.8 Å². The summed E-state index contributed by atoms with van der Waals surface area (Å²) in [6.07, 6.45) is 2.23. The molecule has 254 valence electrons. The van der Waals surface area contributed by atoms with Gasteiger partial charge in [0.1, 0.15) is 49.4 Å². The van der Waals surface area contributed by atoms with Crippen molar-refractivity contribution in [1.82, 2.24) is 0 Å². The number of esters is 2. The molecule has 0 atom stereocenters. The van der Waals surface area contributed by atoms with Crippen molar-refractivity contribution < 1.29 is 38.0 Å². The quantitative estimate of drug-likeness (QED) is 0.0570. The molecular weight excluding hydrogens is 632 g/mol. The second-order valence-electron chi connectivity index (χ2n) is 10.3. The van der Waals surface area contributed by atoms with Crippen LogP contribution in [0.1, 0.15) is 36.1 Å². The second kappa shape index (κ2) is 19.4. The van der Waals surface area contributed by atoms with Gasteiger partial charge in [-0.25, -0.2) is 9.59 Å². The lowest BCUT2D eigenvalue weighted by molar-refractivity contribution is -0.139. The van der Waals surface area contributed by atoms with E-state index in [-0.39, 0.29) is 26.4 Å². The first-order valence-corrected chi connectivity index (χ1v) is 16.0. The van der Waals surface area contributed by atoms with Gasteiger partial charge in [-0.3, -0.25) is 0 Å². The first-order chi connectivity index (χ1) is 24.4. The molecule has 4 rings (SSSR count). The van der Waals surface area contributed by atoms with Crippen LogP contribution in [0.3, 0.4) is 0 Å². The Balaban J connectivity index is 1.45. The smallest absolute Gasteiger partial charge is 0.330 e. The zero-order valence-electron chi connectivity index (χ0n) is 28.2. The first kappa shape index (κ1) is 36.5. The molecule has 0 radical (unpaired) electrons. The van der Waals surface area contributed by atoms with Crippen LogP contribution in [0, 0.1) is 23.7 Å². The Morgan fingerprint density at radius 3 is 1.24 bits per heavy atom. The van der Waals surface area contributed by atoms with Crippen LogP contribution in [0.5, 0.6) is 23.0 Å². The van der Waals surface area contributed by atoms with Crippen molar-refractivity contribution in [1.29, 1.82) is 0 Å². The third-order valence-electron chi connectivity index (χ3n) is 6.79. The minimum atomic E-state index is -0.482. The fourth-order valence-corrected chi connectivity index (χ4v) is 4.47. The fourth-order valence-electron chi connectivity index (χ4n) is 4.47. The number of hydrogen-bond acceptors (Lipinski definition) is 8. The standard InChI is InChI=1S/C42H38O8/c1-5-41(43)49-27-25-47-35-19-13-31(14-20-35)9-11-33-17-23-37(39(29-33)45-7-3)38-24-18-34(30-40(38)46-8-4)12-10-32-15-21-36(22-16-32)48-26-28-50-42(44)6-2/h5-6,13-24,29-30H,1-2,7-8,25-28H2,3-4H3. The molecule has 0 N–H and O–H groups in total. The summed E-state index contributed by atoms with van der Waals surface area (Å²) in [4.78, 5) is 22.3. The molecule has 8 nitrogen and oxygen atoms in total. The monoisotopic (exact) mass is 670 g/mol. The topological polar surface area (TPSA) is 89.5 Å². The van der Waals surface area contributed by atoms with Crippen molar-refractivity contribution in [2.24, 2.45) is 0 Å². The van der Waals surface area contributed by atoms with Crippen molar-refractivity contribution in [3.05, 3.63) is 132 Å². The Bertz CT molecular complexity index is 1760. The molecule has 0 aromatic heterocycles. The summed E-state index contributed by atoms with van der Waals surface area (Å²) in [6.45, 7) is 12.3. The normalized spacial score (nSPS) is 9.88. The Morgan fingerprint density at radius 2 is 0.880 bits per heavy atom. The van der Waals surface area contributed by atoms with Gasteiger partial charge in [0.2, 0.25) is 0 Å². The van der Waals surface area contributed by atoms with E-state index in [2.05, 4.69) is 36.8 Å². The molecule has 0 amide bonds. The molecule has 0 saturated heterocycles. The zero-order valence-corrected chi connectivity index (χ0v) is 28.2. The van der Waals surface area contributed by atoms with E-state index in [0.29, 0.717) is 36.2 Å². The maximum absolute atomic E-state index is 11.1. The molecule has 4 aromatic carbocycles. The third kappa shape index (κ3) is 11.4. The Kier molecular flexibility index (Phi) is 14.2. The zero-order chi connectivity index (χ0) is 35.6. The van der Waals surface area contributed by atoms with Crippen molar-refractivity contribution in [3.8, 4) is 57.8 Å². The van der Waals surface area contributed by atoms with Gasteiger partial charge in [-0.05, 0) is 98.8 Å². The van der Waals surface area contributed by atoms with E-state index in [9.17, 15) is 9.59 Å². The minimum absolute atomic E-state index is 0.141. The largest absolute Gasteiger partial charge is 0.493 e. The average molecular weight is 671 g/mol. The predicted molar refractivity (Wildman–Crippen MR) is 192 cm³/mol. The van der Waals surface area contributed by atoms with Crippen molar-refractivity contribution in [2.45, 2.75) is 13.8 Å². The second-order valence-corrected chi connectivity index (χ2v) is 10.3. The lowest BCUT2D eigenvalue weighted by atomic mass is 9.99. The molecule has 0 heterocycles. The van der Waals surface area contributed by atoms with Crippen molar-refractivity contribution in [3.63, 3.8) is 0 Å². The van der Waals surface area contributed by atoms with Crippen LogP contribution in [0.4, 0.5) is 0 Å². The number of carbonyl (C=O) groups excluding carboxylic acids is 2. The summed E-state index contributed by atoms with van der Waals surface area (Å²) in [5.41, 5.74) is 5.01. The van der Waals surface area contributed by atoms with Crippen LogP contribution in [0.2, 0.25) is 0 Å². The number of hydrogen-bond donors (Lipinski definition) is 0. The molecule has 0 unspecified atom stereocenters. The van der Waals surface area contributed by atoms with E-state index in [1.165, 1.54) is 0 Å². The van der Waals surface area contributed by atoms with E-state index in [4.69, 9.17) is 28.4 Å². The molecule has 0 bridgehead atoms. The van der Waals surface area contributed by atoms with Gasteiger partial charge in [-0.15, -0.1) is 0 Å². The molecule has 50 heavy (non-hydrogen) atoms. The summed E-state index contributed by atoms with van der Waals surface area (Å²) in [7, 11) is 0. The lowest BCUT2D eigenvalue weighted by Crippen LogP contribution is -2.10. The van der Waals surface area contributed by atoms with Gasteiger partial charge in [-0.2, -0.15) is 0 Å². The summed E-state index contributed by atoms with van der Waals surface area (Å²) >= 11 is 0. The average Bonchev–Trinajstić information content (AvgIpc) is 3.14. The summed E-state index contributed by atoms with van der Waals surface area (Å²) in [5.74, 6) is 14.5. The Hall–Kier alpha value is -6.38. The highest BCUT2D eigenvalue weighted by atomic mass is 16.6. The van der Waals surface area contributed by atoms with Gasteiger partial charge in [0, 0.05) is 45.5 Å². The van der Waals surface area contributed by atoms with Crippen LogP contribution in [0.25, 0.3) is 11.1 Å². The predicted octanol–water partition coefficient (Wildman–Crippen LogP) is 7.17. The lowest BCUT2D eigenvalue weighted by Gasteiger charge is -2.15. The molecule has 8 heteroatoms. The molecular formula is C42H38O8. The molecule has 0 aliphatic rings. The highest BCUT2D eigenvalue weighted by Crippen LogP contribution is 2.38. The van der Waals surface area contributed by atoms with Gasteiger partial charge >= 0.3 is 11.9 Å². The van der Waals surface area contributed by atoms with Crippen molar-refractivity contribution >= 4 is 11.9 Å². The highest BCUT2D eigenvalue weighted by Gasteiger charge is 2.13. The van der Waals surface area contributed by atoms with Gasteiger partial charge < -0.3 is 28.4 Å².